The van der Waals surface area contributed by atoms with Gasteiger partial charge >= 0.3 is 6.09 Å². The Kier molecular flexibility index (Phi) is 6.17. The largest absolute Gasteiger partial charge is 0.444 e. The summed E-state index contributed by atoms with van der Waals surface area (Å²) in [5.41, 5.74) is -0.510. The number of carbonyl (C=O) groups excluding carboxylic acids is 1. The number of anilines is 2. The lowest BCUT2D eigenvalue weighted by Crippen LogP contribution is -2.50. The first-order chi connectivity index (χ1) is 13.3. The van der Waals surface area contributed by atoms with E-state index in [0.29, 0.717) is 44.1 Å². The normalized spacial score (nSPS) is 18.5. The number of aromatic nitrogens is 3. The van der Waals surface area contributed by atoms with Crippen molar-refractivity contribution in [1.82, 2.24) is 19.9 Å². The van der Waals surface area contributed by atoms with Gasteiger partial charge in [-0.3, -0.25) is 0 Å². The van der Waals surface area contributed by atoms with Crippen molar-refractivity contribution in [3.05, 3.63) is 5.82 Å². The number of rotatable bonds is 3. The summed E-state index contributed by atoms with van der Waals surface area (Å²) in [4.78, 5) is 28.9. The highest BCUT2D eigenvalue weighted by Gasteiger charge is 2.27. The van der Waals surface area contributed by atoms with Gasteiger partial charge in [0, 0.05) is 32.2 Å². The predicted octanol–water partition coefficient (Wildman–Crippen LogP) is 2.54. The molecule has 3 rings (SSSR count). The minimum Gasteiger partial charge on any atom is -0.444 e. The summed E-state index contributed by atoms with van der Waals surface area (Å²) in [5.74, 6) is 1.05. The van der Waals surface area contributed by atoms with E-state index < -0.39 is 5.60 Å². The van der Waals surface area contributed by atoms with Gasteiger partial charge in [0.25, 0.3) is 0 Å². The summed E-state index contributed by atoms with van der Waals surface area (Å²) in [6, 6.07) is 2.37. The van der Waals surface area contributed by atoms with Crippen LogP contribution in [0, 0.1) is 11.3 Å². The number of carbonyl (C=O) groups is 1. The van der Waals surface area contributed by atoms with Crippen LogP contribution in [-0.2, 0) is 4.74 Å². The molecule has 152 valence electrons. The van der Waals surface area contributed by atoms with E-state index >= 15 is 0 Å². The summed E-state index contributed by atoms with van der Waals surface area (Å²) >= 11 is 0. The Morgan fingerprint density at radius 2 is 1.79 bits per heavy atom. The number of nitrogens with one attached hydrogen (secondary N) is 1. The first kappa shape index (κ1) is 20.1. The lowest BCUT2D eigenvalue weighted by atomic mass is 9.96. The molecule has 0 radical (unpaired) electrons. The zero-order chi connectivity index (χ0) is 20.1. The standard InChI is InChI=1S/C19H29N7O2/c1-19(2,3)28-18(27)26-11-9-25(10-12-26)17-23-15(13-20)22-16(24-17)21-14-7-5-4-6-8-14/h14H,4-12H2,1-3H3,(H,21,22,23,24). The van der Waals surface area contributed by atoms with Crippen molar-refractivity contribution in [2.75, 3.05) is 36.4 Å². The zero-order valence-corrected chi connectivity index (χ0v) is 16.9. The molecule has 0 atom stereocenters. The molecule has 1 aliphatic heterocycles. The average molecular weight is 387 g/mol. The molecule has 1 saturated heterocycles. The van der Waals surface area contributed by atoms with E-state index in [-0.39, 0.29) is 11.9 Å². The van der Waals surface area contributed by atoms with Crippen LogP contribution in [-0.4, -0.2) is 63.8 Å². The summed E-state index contributed by atoms with van der Waals surface area (Å²) in [5, 5.41) is 12.7. The van der Waals surface area contributed by atoms with E-state index in [1.165, 1.54) is 19.3 Å². The highest BCUT2D eigenvalue weighted by atomic mass is 16.6. The van der Waals surface area contributed by atoms with Crippen LogP contribution in [0.1, 0.15) is 58.7 Å². The van der Waals surface area contributed by atoms with E-state index in [0.717, 1.165) is 12.8 Å². The third-order valence-electron chi connectivity index (χ3n) is 4.88. The van der Waals surface area contributed by atoms with Gasteiger partial charge in [0.15, 0.2) is 0 Å². The summed E-state index contributed by atoms with van der Waals surface area (Å²) in [6.45, 7) is 7.78. The SMILES string of the molecule is CC(C)(C)OC(=O)N1CCN(c2nc(C#N)nc(NC3CCCCC3)n2)CC1. The van der Waals surface area contributed by atoms with E-state index in [1.807, 2.05) is 31.7 Å². The molecule has 2 aliphatic rings. The monoisotopic (exact) mass is 387 g/mol. The van der Waals surface area contributed by atoms with Gasteiger partial charge in [0.2, 0.25) is 17.7 Å². The Balaban J connectivity index is 1.64. The average Bonchev–Trinajstić information content (AvgIpc) is 2.67. The van der Waals surface area contributed by atoms with Crippen LogP contribution in [0.2, 0.25) is 0 Å². The molecular weight excluding hydrogens is 358 g/mol. The topological polar surface area (TPSA) is 107 Å². The highest BCUT2D eigenvalue weighted by Crippen LogP contribution is 2.21. The van der Waals surface area contributed by atoms with Gasteiger partial charge in [-0.15, -0.1) is 0 Å². The van der Waals surface area contributed by atoms with E-state index in [4.69, 9.17) is 4.74 Å². The summed E-state index contributed by atoms with van der Waals surface area (Å²) in [6.07, 6.45) is 5.56. The van der Waals surface area contributed by atoms with Crippen molar-refractivity contribution in [3.63, 3.8) is 0 Å². The number of hydrogen-bond acceptors (Lipinski definition) is 8. The van der Waals surface area contributed by atoms with Crippen molar-refractivity contribution in [2.45, 2.75) is 64.5 Å². The minimum absolute atomic E-state index is 0.109. The van der Waals surface area contributed by atoms with Crippen LogP contribution in [0.25, 0.3) is 0 Å². The van der Waals surface area contributed by atoms with Gasteiger partial charge in [-0.25, -0.2) is 4.79 Å². The molecule has 1 aromatic heterocycles. The summed E-state index contributed by atoms with van der Waals surface area (Å²) in [7, 11) is 0. The van der Waals surface area contributed by atoms with Crippen molar-refractivity contribution in [2.24, 2.45) is 0 Å². The van der Waals surface area contributed by atoms with Crippen molar-refractivity contribution >= 4 is 18.0 Å². The Morgan fingerprint density at radius 1 is 1.11 bits per heavy atom. The molecule has 0 unspecified atom stereocenters. The molecule has 2 fully saturated rings. The molecule has 0 bridgehead atoms. The molecule has 1 N–H and O–H groups in total. The Morgan fingerprint density at radius 3 is 2.39 bits per heavy atom. The van der Waals surface area contributed by atoms with Crippen LogP contribution in [0.3, 0.4) is 0 Å². The molecular formula is C19H29N7O2. The fourth-order valence-electron chi connectivity index (χ4n) is 3.47. The van der Waals surface area contributed by atoms with Gasteiger partial charge in [-0.05, 0) is 33.6 Å². The van der Waals surface area contributed by atoms with Gasteiger partial charge in [-0.1, -0.05) is 19.3 Å². The Bertz CT molecular complexity index is 727. The Hall–Kier alpha value is -2.63. The van der Waals surface area contributed by atoms with E-state index in [9.17, 15) is 10.1 Å². The van der Waals surface area contributed by atoms with Crippen LogP contribution in [0.5, 0.6) is 0 Å². The van der Waals surface area contributed by atoms with Crippen molar-refractivity contribution < 1.29 is 9.53 Å². The quantitative estimate of drug-likeness (QED) is 0.843. The molecule has 1 aromatic rings. The molecule has 0 spiro atoms. The van der Waals surface area contributed by atoms with Gasteiger partial charge < -0.3 is 19.9 Å². The number of nitrogens with zero attached hydrogens (tertiary/aromatic N) is 6. The molecule has 2 heterocycles. The first-order valence-electron chi connectivity index (χ1n) is 9.99. The Labute approximate surface area is 166 Å². The smallest absolute Gasteiger partial charge is 0.410 e. The second-order valence-corrected chi connectivity index (χ2v) is 8.33. The predicted molar refractivity (Wildman–Crippen MR) is 105 cm³/mol. The fraction of sp³-hybridized carbons (Fsp3) is 0.737. The highest BCUT2D eigenvalue weighted by molar-refractivity contribution is 5.68. The third-order valence-corrected chi connectivity index (χ3v) is 4.88. The summed E-state index contributed by atoms with van der Waals surface area (Å²) < 4.78 is 5.43. The van der Waals surface area contributed by atoms with E-state index in [2.05, 4.69) is 20.3 Å². The zero-order valence-electron chi connectivity index (χ0n) is 16.9. The molecule has 1 amide bonds. The van der Waals surface area contributed by atoms with Crippen LogP contribution in [0.4, 0.5) is 16.7 Å². The van der Waals surface area contributed by atoms with Crippen LogP contribution in [0.15, 0.2) is 0 Å². The van der Waals surface area contributed by atoms with E-state index in [1.54, 1.807) is 4.90 Å². The molecule has 0 aromatic carbocycles. The third kappa shape index (κ3) is 5.44. The molecule has 28 heavy (non-hydrogen) atoms. The number of ether oxygens (including phenoxy) is 1. The maximum atomic E-state index is 12.2. The second-order valence-electron chi connectivity index (χ2n) is 8.33. The lowest BCUT2D eigenvalue weighted by Gasteiger charge is -2.35. The van der Waals surface area contributed by atoms with Gasteiger partial charge in [0.1, 0.15) is 11.7 Å². The molecule has 9 heteroatoms. The lowest BCUT2D eigenvalue weighted by molar-refractivity contribution is 0.0240. The number of amides is 1. The first-order valence-corrected chi connectivity index (χ1v) is 9.99. The molecule has 9 nitrogen and oxygen atoms in total. The van der Waals surface area contributed by atoms with Crippen molar-refractivity contribution in [3.8, 4) is 6.07 Å². The maximum Gasteiger partial charge on any atom is 0.410 e. The fourth-order valence-corrected chi connectivity index (χ4v) is 3.47. The molecule has 1 saturated carbocycles. The number of hydrogen-bond donors (Lipinski definition) is 1. The number of nitriles is 1. The second kappa shape index (κ2) is 8.59. The van der Waals surface area contributed by atoms with Gasteiger partial charge in [-0.2, -0.15) is 20.2 Å². The van der Waals surface area contributed by atoms with Gasteiger partial charge in [0.05, 0.1) is 0 Å². The molecule has 1 aliphatic carbocycles. The van der Waals surface area contributed by atoms with Crippen LogP contribution < -0.4 is 10.2 Å². The van der Waals surface area contributed by atoms with Crippen LogP contribution >= 0.6 is 0 Å². The minimum atomic E-state index is -0.510. The number of piperazine rings is 1. The van der Waals surface area contributed by atoms with Crippen molar-refractivity contribution in [1.29, 1.82) is 5.26 Å². The maximum absolute atomic E-state index is 12.2.